The summed E-state index contributed by atoms with van der Waals surface area (Å²) in [7, 11) is -0.268. The molecule has 0 unspecified atom stereocenters. The van der Waals surface area contributed by atoms with Crippen molar-refractivity contribution in [2.75, 3.05) is 26.2 Å². The molecule has 0 spiro atoms. The lowest BCUT2D eigenvalue weighted by Crippen LogP contribution is -2.41. The molecule has 3 aliphatic rings. The second kappa shape index (κ2) is 7.75. The number of aliphatic hydroxyl groups is 1. The van der Waals surface area contributed by atoms with Crippen LogP contribution < -0.4 is 5.46 Å². The fraction of sp³-hybridized carbons (Fsp3) is 0.739. The van der Waals surface area contributed by atoms with Crippen molar-refractivity contribution in [3.8, 4) is 0 Å². The Balaban J connectivity index is 1.26. The summed E-state index contributed by atoms with van der Waals surface area (Å²) in [5.41, 5.74) is 1.99. The van der Waals surface area contributed by atoms with Gasteiger partial charge in [-0.2, -0.15) is 0 Å². The predicted molar refractivity (Wildman–Crippen MR) is 114 cm³/mol. The van der Waals surface area contributed by atoms with Crippen LogP contribution in [0.4, 0.5) is 0 Å². The zero-order valence-corrected chi connectivity index (χ0v) is 18.0. The first-order valence-corrected chi connectivity index (χ1v) is 11.1. The molecule has 0 aromatic heterocycles. The molecular formula is C23H36BNO3. The fourth-order valence-corrected chi connectivity index (χ4v) is 4.78. The number of aliphatic hydroxyl groups excluding tert-OH is 1. The first kappa shape index (κ1) is 20.4. The molecule has 28 heavy (non-hydrogen) atoms. The number of rotatable bonds is 5. The molecular weight excluding hydrogens is 349 g/mol. The van der Waals surface area contributed by atoms with Crippen LogP contribution in [0.5, 0.6) is 0 Å². The average Bonchev–Trinajstić information content (AvgIpc) is 2.86. The summed E-state index contributed by atoms with van der Waals surface area (Å²) in [4.78, 5) is 2.61. The van der Waals surface area contributed by atoms with E-state index in [1.807, 2.05) is 0 Å². The lowest BCUT2D eigenvalue weighted by molar-refractivity contribution is 0.00578. The van der Waals surface area contributed by atoms with Crippen LogP contribution in [0.25, 0.3) is 0 Å². The minimum Gasteiger partial charge on any atom is -0.399 e. The zero-order chi connectivity index (χ0) is 19.9. The maximum absolute atomic E-state index is 9.28. The van der Waals surface area contributed by atoms with Crippen molar-refractivity contribution in [1.29, 1.82) is 0 Å². The van der Waals surface area contributed by atoms with Crippen LogP contribution in [-0.2, 0) is 9.31 Å². The molecule has 5 heteroatoms. The van der Waals surface area contributed by atoms with E-state index in [4.69, 9.17) is 9.31 Å². The van der Waals surface area contributed by atoms with Gasteiger partial charge in [0.25, 0.3) is 0 Å². The molecule has 2 saturated heterocycles. The number of benzene rings is 1. The molecule has 1 N–H and O–H groups in total. The SMILES string of the molecule is CC1(C)OB(c2ccc(C3CC(CN4CCC(CO)CC4)C3)cc2)OC1(C)C. The molecule has 4 nitrogen and oxygen atoms in total. The summed E-state index contributed by atoms with van der Waals surface area (Å²) < 4.78 is 12.3. The van der Waals surface area contributed by atoms with E-state index >= 15 is 0 Å². The molecule has 1 aromatic carbocycles. The summed E-state index contributed by atoms with van der Waals surface area (Å²) in [5.74, 6) is 2.07. The maximum Gasteiger partial charge on any atom is 0.494 e. The Bertz CT molecular complexity index is 645. The highest BCUT2D eigenvalue weighted by Crippen LogP contribution is 2.42. The van der Waals surface area contributed by atoms with Crippen LogP contribution in [-0.4, -0.2) is 54.6 Å². The van der Waals surface area contributed by atoms with E-state index in [-0.39, 0.29) is 18.3 Å². The highest BCUT2D eigenvalue weighted by Gasteiger charge is 2.51. The quantitative estimate of drug-likeness (QED) is 0.791. The van der Waals surface area contributed by atoms with Crippen molar-refractivity contribution in [1.82, 2.24) is 4.90 Å². The van der Waals surface area contributed by atoms with Gasteiger partial charge in [-0.3, -0.25) is 0 Å². The summed E-state index contributed by atoms with van der Waals surface area (Å²) in [6, 6.07) is 8.91. The minimum atomic E-state index is -0.289. The highest BCUT2D eigenvalue weighted by atomic mass is 16.7. The zero-order valence-electron chi connectivity index (χ0n) is 18.0. The second-order valence-electron chi connectivity index (χ2n) is 10.2. The predicted octanol–water partition coefficient (Wildman–Crippen LogP) is 3.18. The van der Waals surface area contributed by atoms with Crippen molar-refractivity contribution >= 4 is 12.6 Å². The third-order valence-electron chi connectivity index (χ3n) is 7.65. The molecule has 1 saturated carbocycles. The van der Waals surface area contributed by atoms with Gasteiger partial charge in [0.2, 0.25) is 0 Å². The number of hydrogen-bond donors (Lipinski definition) is 1. The van der Waals surface area contributed by atoms with Gasteiger partial charge < -0.3 is 19.3 Å². The molecule has 2 heterocycles. The van der Waals surface area contributed by atoms with Gasteiger partial charge in [0.15, 0.2) is 0 Å². The Morgan fingerprint density at radius 3 is 2.07 bits per heavy atom. The standard InChI is InChI=1S/C23H36BNO3/c1-22(2)23(3,4)28-24(27-22)21-7-5-19(6-8-21)20-13-18(14-20)15-25-11-9-17(16-26)10-12-25/h5-8,17-18,20,26H,9-16H2,1-4H3. The largest absolute Gasteiger partial charge is 0.494 e. The van der Waals surface area contributed by atoms with Crippen LogP contribution in [0, 0.1) is 11.8 Å². The van der Waals surface area contributed by atoms with E-state index in [0.29, 0.717) is 18.4 Å². The molecule has 3 fully saturated rings. The van der Waals surface area contributed by atoms with E-state index in [9.17, 15) is 5.11 Å². The average molecular weight is 385 g/mol. The Kier molecular flexibility index (Phi) is 5.65. The van der Waals surface area contributed by atoms with Crippen LogP contribution in [0.1, 0.15) is 64.9 Å². The molecule has 0 bridgehead atoms. The molecule has 1 aliphatic carbocycles. The first-order valence-electron chi connectivity index (χ1n) is 11.1. The summed E-state index contributed by atoms with van der Waals surface area (Å²) in [6.45, 7) is 12.3. The second-order valence-corrected chi connectivity index (χ2v) is 10.2. The number of nitrogens with zero attached hydrogens (tertiary/aromatic N) is 1. The molecule has 0 atom stereocenters. The minimum absolute atomic E-state index is 0.268. The smallest absolute Gasteiger partial charge is 0.399 e. The molecule has 0 radical (unpaired) electrons. The van der Waals surface area contributed by atoms with Gasteiger partial charge >= 0.3 is 7.12 Å². The van der Waals surface area contributed by atoms with Gasteiger partial charge in [0.1, 0.15) is 0 Å². The van der Waals surface area contributed by atoms with E-state index in [1.165, 1.54) is 24.9 Å². The van der Waals surface area contributed by atoms with Gasteiger partial charge in [0.05, 0.1) is 11.2 Å². The van der Waals surface area contributed by atoms with E-state index in [2.05, 4.69) is 56.9 Å². The molecule has 1 aromatic rings. The third kappa shape index (κ3) is 4.05. The van der Waals surface area contributed by atoms with Gasteiger partial charge in [-0.05, 0) is 95.2 Å². The van der Waals surface area contributed by atoms with E-state index < -0.39 is 0 Å². The lowest BCUT2D eigenvalue weighted by Gasteiger charge is -2.41. The molecule has 154 valence electrons. The van der Waals surface area contributed by atoms with E-state index in [0.717, 1.165) is 37.3 Å². The van der Waals surface area contributed by atoms with Crippen molar-refractivity contribution in [2.24, 2.45) is 11.8 Å². The van der Waals surface area contributed by atoms with Gasteiger partial charge in [-0.1, -0.05) is 24.3 Å². The van der Waals surface area contributed by atoms with Crippen LogP contribution in [0.3, 0.4) is 0 Å². The topological polar surface area (TPSA) is 41.9 Å². The monoisotopic (exact) mass is 385 g/mol. The Hall–Kier alpha value is -0.875. The lowest BCUT2D eigenvalue weighted by atomic mass is 9.70. The molecule has 4 rings (SSSR count). The van der Waals surface area contributed by atoms with Crippen LogP contribution in [0.2, 0.25) is 0 Å². The van der Waals surface area contributed by atoms with Crippen molar-refractivity contribution < 1.29 is 14.4 Å². The maximum atomic E-state index is 9.28. The number of hydrogen-bond acceptors (Lipinski definition) is 4. The third-order valence-corrected chi connectivity index (χ3v) is 7.65. The van der Waals surface area contributed by atoms with Crippen LogP contribution in [0.15, 0.2) is 24.3 Å². The van der Waals surface area contributed by atoms with Crippen molar-refractivity contribution in [3.05, 3.63) is 29.8 Å². The van der Waals surface area contributed by atoms with Crippen molar-refractivity contribution in [3.63, 3.8) is 0 Å². The number of likely N-dealkylation sites (tertiary alicyclic amines) is 1. The Morgan fingerprint density at radius 2 is 1.54 bits per heavy atom. The highest BCUT2D eigenvalue weighted by molar-refractivity contribution is 6.62. The molecule has 2 aliphatic heterocycles. The molecule has 0 amide bonds. The number of piperidine rings is 1. The Morgan fingerprint density at radius 1 is 0.964 bits per heavy atom. The fourth-order valence-electron chi connectivity index (χ4n) is 4.78. The first-order chi connectivity index (χ1) is 13.3. The van der Waals surface area contributed by atoms with Crippen molar-refractivity contribution in [2.45, 2.75) is 70.5 Å². The van der Waals surface area contributed by atoms with E-state index in [1.54, 1.807) is 0 Å². The van der Waals surface area contributed by atoms with Gasteiger partial charge in [-0.15, -0.1) is 0 Å². The van der Waals surface area contributed by atoms with Gasteiger partial charge in [-0.25, -0.2) is 0 Å². The Labute approximate surface area is 170 Å². The summed E-state index contributed by atoms with van der Waals surface area (Å²) in [6.07, 6.45) is 4.92. The normalized spacial score (nSPS) is 30.4. The summed E-state index contributed by atoms with van der Waals surface area (Å²) in [5, 5.41) is 9.28. The van der Waals surface area contributed by atoms with Crippen LogP contribution >= 0.6 is 0 Å². The summed E-state index contributed by atoms with van der Waals surface area (Å²) >= 11 is 0. The van der Waals surface area contributed by atoms with Gasteiger partial charge in [0, 0.05) is 13.2 Å².